The number of para-hydroxylation sites is 1. The molecule has 1 rings (SSSR count). The van der Waals surface area contributed by atoms with Crippen molar-refractivity contribution >= 4 is 5.96 Å². The van der Waals surface area contributed by atoms with Crippen molar-refractivity contribution in [1.29, 1.82) is 0 Å². The minimum absolute atomic E-state index is 0.00116. The van der Waals surface area contributed by atoms with E-state index in [0.717, 1.165) is 0 Å². The van der Waals surface area contributed by atoms with Gasteiger partial charge < -0.3 is 15.8 Å². The molecule has 0 aliphatic heterocycles. The predicted octanol–water partition coefficient (Wildman–Crippen LogP) is 2.79. The van der Waals surface area contributed by atoms with Crippen LogP contribution in [0.1, 0.15) is 26.3 Å². The van der Waals surface area contributed by atoms with Crippen LogP contribution in [0.4, 0.5) is 13.2 Å². The summed E-state index contributed by atoms with van der Waals surface area (Å²) in [6.07, 6.45) is -4.73. The van der Waals surface area contributed by atoms with Gasteiger partial charge in [-0.3, -0.25) is 0 Å². The summed E-state index contributed by atoms with van der Waals surface area (Å²) in [6, 6.07) is 5.83. The number of hydrogen-bond donors (Lipinski definition) is 2. The van der Waals surface area contributed by atoms with Crippen molar-refractivity contribution in [2.45, 2.75) is 39.2 Å². The van der Waals surface area contributed by atoms with Gasteiger partial charge in [0.25, 0.3) is 0 Å². The number of alkyl halides is 3. The molecule has 0 aromatic heterocycles. The van der Waals surface area contributed by atoms with Crippen molar-refractivity contribution < 1.29 is 17.9 Å². The third-order valence-electron chi connectivity index (χ3n) is 2.12. The molecule has 0 saturated carbocycles. The molecule has 0 aliphatic rings. The second kappa shape index (κ2) is 6.02. The Morgan fingerprint density at radius 1 is 1.25 bits per heavy atom. The second-order valence-corrected chi connectivity index (χ2v) is 5.23. The van der Waals surface area contributed by atoms with Crippen LogP contribution in [0.5, 0.6) is 5.75 Å². The molecular formula is C13H18F3N3O. The lowest BCUT2D eigenvalue weighted by molar-refractivity contribution is -0.274. The van der Waals surface area contributed by atoms with Crippen molar-refractivity contribution in [2.75, 3.05) is 0 Å². The molecule has 0 aliphatic carbocycles. The third kappa shape index (κ3) is 6.31. The predicted molar refractivity (Wildman–Crippen MR) is 71.3 cm³/mol. The first kappa shape index (κ1) is 16.1. The summed E-state index contributed by atoms with van der Waals surface area (Å²) in [6.45, 7) is 5.70. The summed E-state index contributed by atoms with van der Waals surface area (Å²) < 4.78 is 40.7. The zero-order chi connectivity index (χ0) is 15.4. The van der Waals surface area contributed by atoms with E-state index in [0.29, 0.717) is 5.56 Å². The highest BCUT2D eigenvalue weighted by Gasteiger charge is 2.31. The normalized spacial score (nSPS) is 13.2. The molecule has 0 heterocycles. The maximum atomic E-state index is 12.2. The van der Waals surface area contributed by atoms with Crippen molar-refractivity contribution in [2.24, 2.45) is 10.7 Å². The van der Waals surface area contributed by atoms with Crippen LogP contribution in [0.3, 0.4) is 0 Å². The first-order valence-electron chi connectivity index (χ1n) is 5.98. The Hall–Kier alpha value is -1.92. The number of halogens is 3. The Kier molecular flexibility index (Phi) is 4.86. The Balaban J connectivity index is 2.80. The maximum absolute atomic E-state index is 12.2. The van der Waals surface area contributed by atoms with Crippen LogP contribution in [0, 0.1) is 0 Å². The largest absolute Gasteiger partial charge is 0.573 e. The highest BCUT2D eigenvalue weighted by molar-refractivity contribution is 5.78. The van der Waals surface area contributed by atoms with E-state index >= 15 is 0 Å². The quantitative estimate of drug-likeness (QED) is 0.664. The Labute approximate surface area is 115 Å². The smallest absolute Gasteiger partial charge is 0.405 e. The molecule has 0 amide bonds. The number of hydrogen-bond acceptors (Lipinski definition) is 2. The molecule has 0 fully saturated rings. The summed E-state index contributed by atoms with van der Waals surface area (Å²) in [5.74, 6) is -0.105. The fourth-order valence-electron chi connectivity index (χ4n) is 1.45. The number of nitrogens with two attached hydrogens (primary N) is 1. The highest BCUT2D eigenvalue weighted by Crippen LogP contribution is 2.26. The Morgan fingerprint density at radius 3 is 2.40 bits per heavy atom. The number of benzene rings is 1. The molecule has 0 radical (unpaired) electrons. The van der Waals surface area contributed by atoms with E-state index < -0.39 is 6.36 Å². The average molecular weight is 289 g/mol. The SMILES string of the molecule is CC(C)(C)NC(N)=NCc1ccccc1OC(F)(F)F. The fourth-order valence-corrected chi connectivity index (χ4v) is 1.45. The van der Waals surface area contributed by atoms with Gasteiger partial charge in [-0.25, -0.2) is 4.99 Å². The van der Waals surface area contributed by atoms with Gasteiger partial charge in [-0.05, 0) is 26.8 Å². The van der Waals surface area contributed by atoms with Crippen LogP contribution in [-0.4, -0.2) is 17.9 Å². The first-order valence-corrected chi connectivity index (χ1v) is 5.98. The zero-order valence-electron chi connectivity index (χ0n) is 11.6. The van der Waals surface area contributed by atoms with E-state index in [-0.39, 0.29) is 23.8 Å². The minimum Gasteiger partial charge on any atom is -0.405 e. The van der Waals surface area contributed by atoms with Crippen LogP contribution in [0.2, 0.25) is 0 Å². The fraction of sp³-hybridized carbons (Fsp3) is 0.462. The standard InChI is InChI=1S/C13H18F3N3O/c1-12(2,3)19-11(17)18-8-9-6-4-5-7-10(9)20-13(14,15)16/h4-7H,8H2,1-3H3,(H3,17,18,19). The Bertz CT molecular complexity index is 478. The lowest BCUT2D eigenvalue weighted by Gasteiger charge is -2.21. The van der Waals surface area contributed by atoms with Crippen LogP contribution in [-0.2, 0) is 6.54 Å². The second-order valence-electron chi connectivity index (χ2n) is 5.23. The van der Waals surface area contributed by atoms with Gasteiger partial charge in [0, 0.05) is 11.1 Å². The molecular weight excluding hydrogens is 271 g/mol. The number of nitrogens with zero attached hydrogens (tertiary/aromatic N) is 1. The summed E-state index contributed by atoms with van der Waals surface area (Å²) in [5.41, 5.74) is 5.70. The monoisotopic (exact) mass is 289 g/mol. The van der Waals surface area contributed by atoms with Crippen molar-refractivity contribution in [3.05, 3.63) is 29.8 Å². The summed E-state index contributed by atoms with van der Waals surface area (Å²) in [5, 5.41) is 2.92. The molecule has 0 unspecified atom stereocenters. The molecule has 112 valence electrons. The number of rotatable bonds is 3. The van der Waals surface area contributed by atoms with E-state index in [1.807, 2.05) is 20.8 Å². The highest BCUT2D eigenvalue weighted by atomic mass is 19.4. The lowest BCUT2D eigenvalue weighted by atomic mass is 10.1. The van der Waals surface area contributed by atoms with Gasteiger partial charge in [-0.1, -0.05) is 18.2 Å². The number of guanidine groups is 1. The van der Waals surface area contributed by atoms with Gasteiger partial charge in [0.05, 0.1) is 6.54 Å². The summed E-state index contributed by atoms with van der Waals surface area (Å²) in [7, 11) is 0. The van der Waals surface area contributed by atoms with E-state index in [1.165, 1.54) is 18.2 Å². The van der Waals surface area contributed by atoms with Crippen LogP contribution in [0.15, 0.2) is 29.3 Å². The molecule has 7 heteroatoms. The van der Waals surface area contributed by atoms with E-state index in [1.54, 1.807) is 6.07 Å². The Morgan fingerprint density at radius 2 is 1.85 bits per heavy atom. The van der Waals surface area contributed by atoms with Crippen molar-refractivity contribution in [1.82, 2.24) is 5.32 Å². The topological polar surface area (TPSA) is 59.6 Å². The van der Waals surface area contributed by atoms with Gasteiger partial charge >= 0.3 is 6.36 Å². The van der Waals surface area contributed by atoms with Crippen molar-refractivity contribution in [3.63, 3.8) is 0 Å². The molecule has 1 aromatic rings. The molecule has 1 aromatic carbocycles. The average Bonchev–Trinajstić information content (AvgIpc) is 2.23. The van der Waals surface area contributed by atoms with Crippen LogP contribution in [0.25, 0.3) is 0 Å². The van der Waals surface area contributed by atoms with Gasteiger partial charge in [0.2, 0.25) is 0 Å². The molecule has 0 spiro atoms. The van der Waals surface area contributed by atoms with Gasteiger partial charge in [0.15, 0.2) is 5.96 Å². The number of nitrogens with one attached hydrogen (secondary N) is 1. The van der Waals surface area contributed by atoms with Crippen LogP contribution >= 0.6 is 0 Å². The van der Waals surface area contributed by atoms with Gasteiger partial charge in [-0.15, -0.1) is 13.2 Å². The summed E-state index contributed by atoms with van der Waals surface area (Å²) in [4.78, 5) is 4.01. The molecule has 0 atom stereocenters. The number of aliphatic imine (C=N–C) groups is 1. The first-order chi connectivity index (χ1) is 9.07. The van der Waals surface area contributed by atoms with Crippen LogP contribution < -0.4 is 15.8 Å². The van der Waals surface area contributed by atoms with Crippen molar-refractivity contribution in [3.8, 4) is 5.75 Å². The van der Waals surface area contributed by atoms with Gasteiger partial charge in [-0.2, -0.15) is 0 Å². The van der Waals surface area contributed by atoms with E-state index in [2.05, 4.69) is 15.0 Å². The number of ether oxygens (including phenoxy) is 1. The minimum atomic E-state index is -4.73. The van der Waals surface area contributed by atoms with E-state index in [4.69, 9.17) is 5.73 Å². The molecule has 4 nitrogen and oxygen atoms in total. The lowest BCUT2D eigenvalue weighted by Crippen LogP contribution is -2.44. The third-order valence-corrected chi connectivity index (χ3v) is 2.12. The van der Waals surface area contributed by atoms with E-state index in [9.17, 15) is 13.2 Å². The molecule has 20 heavy (non-hydrogen) atoms. The molecule has 0 bridgehead atoms. The van der Waals surface area contributed by atoms with Gasteiger partial charge in [0.1, 0.15) is 5.75 Å². The zero-order valence-corrected chi connectivity index (χ0v) is 11.6. The maximum Gasteiger partial charge on any atom is 0.573 e. The molecule has 3 N–H and O–H groups in total. The summed E-state index contributed by atoms with van der Waals surface area (Å²) >= 11 is 0. The molecule has 0 saturated heterocycles.